The van der Waals surface area contributed by atoms with Crippen LogP contribution >= 0.6 is 0 Å². The van der Waals surface area contributed by atoms with Crippen LogP contribution in [0.5, 0.6) is 0 Å². The van der Waals surface area contributed by atoms with Gasteiger partial charge < -0.3 is 0 Å². The lowest BCUT2D eigenvalue weighted by molar-refractivity contribution is 0.126. The van der Waals surface area contributed by atoms with Crippen LogP contribution in [0.1, 0.15) is 63.4 Å². The number of hydrogen-bond acceptors (Lipinski definition) is 0. The average Bonchev–Trinajstić information content (AvgIpc) is 3.06. The first-order chi connectivity index (χ1) is 11.9. The summed E-state index contributed by atoms with van der Waals surface area (Å²) in [4.78, 5) is 0. The molecule has 2 fully saturated rings. The second-order valence-electron chi connectivity index (χ2n) is 8.85. The molecule has 1 aromatic carbocycles. The number of hydrogen-bond donors (Lipinski definition) is 0. The first-order valence-electron chi connectivity index (χ1n) is 10.3. The van der Waals surface area contributed by atoms with Crippen LogP contribution in [0, 0.1) is 23.2 Å². The lowest BCUT2D eigenvalue weighted by Crippen LogP contribution is -2.40. The average molecular weight is 319 g/mol. The highest BCUT2D eigenvalue weighted by atomic mass is 14.5. The van der Waals surface area contributed by atoms with Crippen molar-refractivity contribution in [3.63, 3.8) is 0 Å². The van der Waals surface area contributed by atoms with Crippen LogP contribution in [-0.2, 0) is 6.42 Å². The van der Waals surface area contributed by atoms with Gasteiger partial charge in [-0.15, -0.1) is 0 Å². The molecule has 4 aliphatic carbocycles. The number of fused-ring (bicyclic) bond motifs is 5. The largest absolute Gasteiger partial charge is 0.0841 e. The topological polar surface area (TPSA) is 0 Å². The summed E-state index contributed by atoms with van der Waals surface area (Å²) in [5, 5.41) is 0. The third-order valence-electron chi connectivity index (χ3n) is 7.73. The first kappa shape index (κ1) is 15.0. The van der Waals surface area contributed by atoms with Crippen molar-refractivity contribution in [1.29, 1.82) is 0 Å². The molecule has 0 aromatic heterocycles. The van der Waals surface area contributed by atoms with E-state index in [4.69, 9.17) is 0 Å². The van der Waals surface area contributed by atoms with Gasteiger partial charge in [0.15, 0.2) is 0 Å². The quantitative estimate of drug-likeness (QED) is 0.547. The van der Waals surface area contributed by atoms with Crippen LogP contribution in [0.3, 0.4) is 0 Å². The number of benzene rings is 1. The second-order valence-corrected chi connectivity index (χ2v) is 8.85. The minimum atomic E-state index is 0.565. The zero-order valence-electron chi connectivity index (χ0n) is 14.8. The SMILES string of the molecule is C1=C2CCCC[C@@H]2C2=CC[C@]3(Cc4ccccc4)CCC[C@H]3[C@@H]2C1. The van der Waals surface area contributed by atoms with Gasteiger partial charge in [-0.2, -0.15) is 0 Å². The maximum Gasteiger partial charge on any atom is 0.000991 e. The van der Waals surface area contributed by atoms with Crippen molar-refractivity contribution in [2.75, 3.05) is 0 Å². The van der Waals surface area contributed by atoms with Crippen LogP contribution < -0.4 is 0 Å². The van der Waals surface area contributed by atoms with E-state index in [0.29, 0.717) is 5.41 Å². The van der Waals surface area contributed by atoms with E-state index in [9.17, 15) is 0 Å². The predicted molar refractivity (Wildman–Crippen MR) is 101 cm³/mol. The molecule has 126 valence electrons. The molecule has 0 saturated heterocycles. The van der Waals surface area contributed by atoms with Crippen molar-refractivity contribution in [1.82, 2.24) is 0 Å². The molecule has 0 spiro atoms. The standard InChI is InChI=1S/C24H30/c1-2-7-18(8-3-1)17-24-15-6-11-23(24)22-13-12-19-9-4-5-10-20(19)21(22)14-16-24/h1-3,7-8,12,14,20,22-23H,4-6,9-11,13,15-17H2/t20-,22+,23-,24-/m0/s1. The summed E-state index contributed by atoms with van der Waals surface area (Å²) in [6.07, 6.45) is 19.5. The Morgan fingerprint density at radius 3 is 2.79 bits per heavy atom. The highest BCUT2D eigenvalue weighted by molar-refractivity contribution is 5.34. The molecule has 0 heteroatoms. The monoisotopic (exact) mass is 318 g/mol. The Morgan fingerprint density at radius 1 is 0.958 bits per heavy atom. The molecule has 0 nitrogen and oxygen atoms in total. The Labute approximate surface area is 147 Å². The fourth-order valence-electron chi connectivity index (χ4n) is 6.69. The Bertz CT molecular complexity index is 665. The molecule has 2 saturated carbocycles. The van der Waals surface area contributed by atoms with Crippen LogP contribution in [0.15, 0.2) is 53.6 Å². The van der Waals surface area contributed by atoms with Gasteiger partial charge in [-0.1, -0.05) is 66.5 Å². The Hall–Kier alpha value is -1.30. The van der Waals surface area contributed by atoms with Gasteiger partial charge in [0.1, 0.15) is 0 Å². The van der Waals surface area contributed by atoms with Crippen molar-refractivity contribution < 1.29 is 0 Å². The third-order valence-corrected chi connectivity index (χ3v) is 7.73. The van der Waals surface area contributed by atoms with Gasteiger partial charge in [0.05, 0.1) is 0 Å². The number of rotatable bonds is 2. The highest BCUT2D eigenvalue weighted by Gasteiger charge is 2.50. The van der Waals surface area contributed by atoms with E-state index in [1.807, 2.05) is 5.57 Å². The molecule has 0 radical (unpaired) electrons. The Morgan fingerprint density at radius 2 is 1.88 bits per heavy atom. The molecule has 4 atom stereocenters. The summed E-state index contributed by atoms with van der Waals surface area (Å²) in [6.45, 7) is 0. The molecule has 0 amide bonds. The minimum Gasteiger partial charge on any atom is -0.0841 e. The van der Waals surface area contributed by atoms with Crippen LogP contribution in [0.2, 0.25) is 0 Å². The van der Waals surface area contributed by atoms with E-state index in [1.165, 1.54) is 64.2 Å². The molecule has 5 rings (SSSR count). The normalized spacial score (nSPS) is 37.8. The van der Waals surface area contributed by atoms with Crippen molar-refractivity contribution >= 4 is 0 Å². The summed E-state index contributed by atoms with van der Waals surface area (Å²) in [5.41, 5.74) is 5.81. The van der Waals surface area contributed by atoms with Gasteiger partial charge in [0.2, 0.25) is 0 Å². The van der Waals surface area contributed by atoms with Gasteiger partial charge in [-0.25, -0.2) is 0 Å². The summed E-state index contributed by atoms with van der Waals surface area (Å²) in [7, 11) is 0. The Kier molecular flexibility index (Phi) is 3.69. The van der Waals surface area contributed by atoms with Gasteiger partial charge in [-0.3, -0.25) is 0 Å². The van der Waals surface area contributed by atoms with Crippen LogP contribution in [0.4, 0.5) is 0 Å². The van der Waals surface area contributed by atoms with E-state index in [1.54, 1.807) is 11.1 Å². The maximum atomic E-state index is 2.73. The molecule has 24 heavy (non-hydrogen) atoms. The van der Waals surface area contributed by atoms with Crippen molar-refractivity contribution in [3.8, 4) is 0 Å². The highest BCUT2D eigenvalue weighted by Crippen LogP contribution is 2.60. The molecule has 4 aliphatic rings. The zero-order chi connectivity index (χ0) is 16.0. The zero-order valence-corrected chi connectivity index (χ0v) is 14.8. The lowest BCUT2D eigenvalue weighted by atomic mass is 9.56. The molecular formula is C24H30. The van der Waals surface area contributed by atoms with Crippen molar-refractivity contribution in [2.45, 2.75) is 64.2 Å². The fraction of sp³-hybridized carbons (Fsp3) is 0.583. The predicted octanol–water partition coefficient (Wildman–Crippen LogP) is 6.48. The first-order valence-corrected chi connectivity index (χ1v) is 10.3. The van der Waals surface area contributed by atoms with E-state index in [-0.39, 0.29) is 0 Å². The fourth-order valence-corrected chi connectivity index (χ4v) is 6.69. The van der Waals surface area contributed by atoms with Crippen LogP contribution in [-0.4, -0.2) is 0 Å². The molecule has 0 unspecified atom stereocenters. The molecule has 0 bridgehead atoms. The summed E-state index contributed by atoms with van der Waals surface area (Å²) in [6, 6.07) is 11.3. The van der Waals surface area contributed by atoms with Crippen molar-refractivity contribution in [2.24, 2.45) is 23.2 Å². The van der Waals surface area contributed by atoms with E-state index in [2.05, 4.69) is 42.5 Å². The molecule has 0 N–H and O–H groups in total. The molecular weight excluding hydrogens is 288 g/mol. The van der Waals surface area contributed by atoms with Crippen LogP contribution in [0.25, 0.3) is 0 Å². The molecule has 1 aromatic rings. The minimum absolute atomic E-state index is 0.565. The molecule has 0 aliphatic heterocycles. The van der Waals surface area contributed by atoms with Gasteiger partial charge in [0, 0.05) is 5.92 Å². The van der Waals surface area contributed by atoms with Gasteiger partial charge >= 0.3 is 0 Å². The second kappa shape index (κ2) is 5.90. The molecule has 0 heterocycles. The third kappa shape index (κ3) is 2.33. The van der Waals surface area contributed by atoms with E-state index in [0.717, 1.165) is 17.8 Å². The summed E-state index contributed by atoms with van der Waals surface area (Å²) in [5.74, 6) is 2.65. The van der Waals surface area contributed by atoms with E-state index < -0.39 is 0 Å². The van der Waals surface area contributed by atoms with Crippen molar-refractivity contribution in [3.05, 3.63) is 59.2 Å². The Balaban J connectivity index is 1.47. The lowest BCUT2D eigenvalue weighted by Gasteiger charge is -2.49. The number of allylic oxidation sites excluding steroid dienone is 4. The van der Waals surface area contributed by atoms with E-state index >= 15 is 0 Å². The smallest absolute Gasteiger partial charge is 0.000991 e. The summed E-state index contributed by atoms with van der Waals surface area (Å²) < 4.78 is 0. The van der Waals surface area contributed by atoms with Gasteiger partial charge in [-0.05, 0) is 74.2 Å². The van der Waals surface area contributed by atoms with Gasteiger partial charge in [0.25, 0.3) is 0 Å². The summed E-state index contributed by atoms with van der Waals surface area (Å²) >= 11 is 0. The maximum absolute atomic E-state index is 2.73.